The summed E-state index contributed by atoms with van der Waals surface area (Å²) in [5.41, 5.74) is 1.49. The Hall–Kier alpha value is -0.570. The van der Waals surface area contributed by atoms with Crippen LogP contribution in [0.4, 0.5) is 4.39 Å². The molecule has 0 heterocycles. The highest BCUT2D eigenvalue weighted by atomic mass is 79.9. The first-order chi connectivity index (χ1) is 8.58. The van der Waals surface area contributed by atoms with Gasteiger partial charge < -0.3 is 0 Å². The third-order valence-corrected chi connectivity index (χ3v) is 4.30. The highest BCUT2D eigenvalue weighted by Gasteiger charge is 2.12. The lowest BCUT2D eigenvalue weighted by Crippen LogP contribution is -1.98. The second kappa shape index (κ2) is 6.05. The normalized spacial score (nSPS) is 12.4. The second-order valence-corrected chi connectivity index (χ2v) is 5.72. The van der Waals surface area contributed by atoms with Gasteiger partial charge in [-0.2, -0.15) is 0 Å². The van der Waals surface area contributed by atoms with E-state index >= 15 is 0 Å². The maximum atomic E-state index is 13.5. The van der Waals surface area contributed by atoms with Crippen molar-refractivity contribution in [3.8, 4) is 0 Å². The van der Waals surface area contributed by atoms with Gasteiger partial charge in [0.25, 0.3) is 0 Å². The fraction of sp³-hybridized carbons (Fsp3) is 0.143. The molecule has 0 aliphatic carbocycles. The van der Waals surface area contributed by atoms with E-state index in [2.05, 4.69) is 15.9 Å². The summed E-state index contributed by atoms with van der Waals surface area (Å²) >= 11 is 15.6. The summed E-state index contributed by atoms with van der Waals surface area (Å²) in [5, 5.41) is 0.305. The van der Waals surface area contributed by atoms with Crippen LogP contribution < -0.4 is 0 Å². The van der Waals surface area contributed by atoms with E-state index < -0.39 is 0 Å². The minimum atomic E-state index is -0.299. The van der Waals surface area contributed by atoms with Gasteiger partial charge in [-0.05, 0) is 51.7 Å². The first kappa shape index (κ1) is 13.9. The van der Waals surface area contributed by atoms with Crippen molar-refractivity contribution in [2.45, 2.75) is 11.8 Å². The average Bonchev–Trinajstić information content (AvgIpc) is 2.35. The molecule has 4 heteroatoms. The number of rotatable bonds is 3. The van der Waals surface area contributed by atoms with Crippen LogP contribution in [0.5, 0.6) is 0 Å². The molecule has 94 valence electrons. The van der Waals surface area contributed by atoms with Gasteiger partial charge in [0, 0.05) is 4.47 Å². The summed E-state index contributed by atoms with van der Waals surface area (Å²) in [7, 11) is 0. The molecule has 18 heavy (non-hydrogen) atoms. The van der Waals surface area contributed by atoms with E-state index in [0.29, 0.717) is 17.0 Å². The van der Waals surface area contributed by atoms with E-state index in [1.54, 1.807) is 24.3 Å². The van der Waals surface area contributed by atoms with E-state index in [1.165, 1.54) is 6.07 Å². The number of halogens is 4. The van der Waals surface area contributed by atoms with Crippen LogP contribution in [0.1, 0.15) is 16.5 Å². The van der Waals surface area contributed by atoms with Crippen molar-refractivity contribution in [3.63, 3.8) is 0 Å². The molecule has 0 radical (unpaired) electrons. The van der Waals surface area contributed by atoms with Crippen LogP contribution in [-0.2, 0) is 6.42 Å². The Morgan fingerprint density at radius 2 is 1.89 bits per heavy atom. The van der Waals surface area contributed by atoms with Gasteiger partial charge in [0.1, 0.15) is 5.82 Å². The Labute approximate surface area is 124 Å². The smallest absolute Gasteiger partial charge is 0.126 e. The van der Waals surface area contributed by atoms with E-state index in [-0.39, 0.29) is 11.2 Å². The maximum absolute atomic E-state index is 13.5. The minimum Gasteiger partial charge on any atom is -0.207 e. The van der Waals surface area contributed by atoms with Gasteiger partial charge in [-0.1, -0.05) is 35.9 Å². The van der Waals surface area contributed by atoms with E-state index in [9.17, 15) is 4.39 Å². The number of alkyl halides is 1. The van der Waals surface area contributed by atoms with Crippen molar-refractivity contribution in [1.29, 1.82) is 0 Å². The summed E-state index contributed by atoms with van der Waals surface area (Å²) in [6, 6.07) is 12.2. The molecule has 0 aliphatic rings. The van der Waals surface area contributed by atoms with E-state index in [4.69, 9.17) is 23.2 Å². The minimum absolute atomic E-state index is 0.230. The van der Waals surface area contributed by atoms with Crippen LogP contribution in [0.2, 0.25) is 5.02 Å². The molecule has 0 fully saturated rings. The van der Waals surface area contributed by atoms with Crippen molar-refractivity contribution < 1.29 is 4.39 Å². The number of hydrogen-bond acceptors (Lipinski definition) is 0. The van der Waals surface area contributed by atoms with Crippen LogP contribution in [0.3, 0.4) is 0 Å². The molecule has 2 aromatic carbocycles. The van der Waals surface area contributed by atoms with Gasteiger partial charge >= 0.3 is 0 Å². The highest BCUT2D eigenvalue weighted by molar-refractivity contribution is 9.10. The number of benzene rings is 2. The third kappa shape index (κ3) is 3.25. The predicted octanol–water partition coefficient (Wildman–Crippen LogP) is 5.76. The molecule has 0 aromatic heterocycles. The summed E-state index contributed by atoms with van der Waals surface area (Å²) in [4.78, 5) is 0. The molecule has 1 unspecified atom stereocenters. The molecule has 0 amide bonds. The molecular formula is C14H10BrCl2F. The molecule has 0 spiro atoms. The summed E-state index contributed by atoms with van der Waals surface area (Å²) in [6.45, 7) is 0. The number of hydrogen-bond donors (Lipinski definition) is 0. The predicted molar refractivity (Wildman–Crippen MR) is 77.9 cm³/mol. The fourth-order valence-electron chi connectivity index (χ4n) is 1.68. The maximum Gasteiger partial charge on any atom is 0.126 e. The standard InChI is InChI=1S/C14H10BrCl2F/c15-11-6-5-9(7-13(11)17)12(16)8-10-3-1-2-4-14(10)18/h1-7,12H,8H2. The zero-order chi connectivity index (χ0) is 13.1. The van der Waals surface area contributed by atoms with Gasteiger partial charge in [-0.15, -0.1) is 11.6 Å². The van der Waals surface area contributed by atoms with Crippen molar-refractivity contribution in [2.75, 3.05) is 0 Å². The Morgan fingerprint density at radius 1 is 1.17 bits per heavy atom. The Kier molecular flexibility index (Phi) is 4.66. The molecule has 0 nitrogen and oxygen atoms in total. The first-order valence-corrected chi connectivity index (χ1v) is 7.01. The van der Waals surface area contributed by atoms with Crippen LogP contribution >= 0.6 is 39.1 Å². The Bertz CT molecular complexity index is 557. The van der Waals surface area contributed by atoms with Gasteiger partial charge in [0.2, 0.25) is 0 Å². The van der Waals surface area contributed by atoms with Crippen LogP contribution in [0.15, 0.2) is 46.9 Å². The Morgan fingerprint density at radius 3 is 2.56 bits per heavy atom. The average molecular weight is 348 g/mol. The second-order valence-electron chi connectivity index (χ2n) is 3.94. The highest BCUT2D eigenvalue weighted by Crippen LogP contribution is 2.31. The van der Waals surface area contributed by atoms with Crippen molar-refractivity contribution in [3.05, 3.63) is 68.9 Å². The Balaban J connectivity index is 2.19. The lowest BCUT2D eigenvalue weighted by atomic mass is 10.0. The van der Waals surface area contributed by atoms with Crippen molar-refractivity contribution in [1.82, 2.24) is 0 Å². The van der Waals surface area contributed by atoms with Crippen LogP contribution in [0, 0.1) is 5.82 Å². The van der Waals surface area contributed by atoms with E-state index in [0.717, 1.165) is 10.0 Å². The van der Waals surface area contributed by atoms with Gasteiger partial charge in [0.05, 0.1) is 10.4 Å². The van der Waals surface area contributed by atoms with Crippen LogP contribution in [0.25, 0.3) is 0 Å². The van der Waals surface area contributed by atoms with Gasteiger partial charge in [-0.25, -0.2) is 4.39 Å². The molecule has 2 rings (SSSR count). The SMILES string of the molecule is Fc1ccccc1CC(Cl)c1ccc(Br)c(Cl)c1. The lowest BCUT2D eigenvalue weighted by molar-refractivity contribution is 0.607. The summed E-state index contributed by atoms with van der Waals surface area (Å²) in [6.07, 6.45) is 0.437. The van der Waals surface area contributed by atoms with Crippen LogP contribution in [-0.4, -0.2) is 0 Å². The summed E-state index contributed by atoms with van der Waals surface area (Å²) < 4.78 is 14.3. The molecule has 0 bridgehead atoms. The summed E-state index contributed by atoms with van der Waals surface area (Å²) in [5.74, 6) is -0.230. The topological polar surface area (TPSA) is 0 Å². The lowest BCUT2D eigenvalue weighted by Gasteiger charge is -2.11. The third-order valence-electron chi connectivity index (χ3n) is 2.66. The molecular weight excluding hydrogens is 338 g/mol. The largest absolute Gasteiger partial charge is 0.207 e. The fourth-order valence-corrected chi connectivity index (χ4v) is 2.42. The van der Waals surface area contributed by atoms with Crippen molar-refractivity contribution in [2.24, 2.45) is 0 Å². The van der Waals surface area contributed by atoms with E-state index in [1.807, 2.05) is 12.1 Å². The molecule has 0 N–H and O–H groups in total. The first-order valence-electron chi connectivity index (χ1n) is 5.40. The molecule has 1 atom stereocenters. The van der Waals surface area contributed by atoms with Gasteiger partial charge in [-0.3, -0.25) is 0 Å². The zero-order valence-electron chi connectivity index (χ0n) is 9.34. The molecule has 0 aliphatic heterocycles. The zero-order valence-corrected chi connectivity index (χ0v) is 12.4. The van der Waals surface area contributed by atoms with Gasteiger partial charge in [0.15, 0.2) is 0 Å². The molecule has 0 saturated heterocycles. The molecule has 2 aromatic rings. The quantitative estimate of drug-likeness (QED) is 0.619. The molecule has 0 saturated carbocycles. The monoisotopic (exact) mass is 346 g/mol. The van der Waals surface area contributed by atoms with Crippen molar-refractivity contribution >= 4 is 39.1 Å².